The van der Waals surface area contributed by atoms with Gasteiger partial charge in [0.2, 0.25) is 0 Å². The maximum Gasteiger partial charge on any atom is 0.315 e. The lowest BCUT2D eigenvalue weighted by Crippen LogP contribution is -2.47. The maximum absolute atomic E-state index is 12.2. The van der Waals surface area contributed by atoms with Crippen molar-refractivity contribution in [2.45, 2.75) is 45.1 Å². The minimum absolute atomic E-state index is 0.136. The second-order valence-corrected chi connectivity index (χ2v) is 7.49. The number of amides is 2. The number of rotatable bonds is 4. The fourth-order valence-electron chi connectivity index (χ4n) is 3.90. The molecule has 0 spiro atoms. The average molecular weight is 368 g/mol. The van der Waals surface area contributed by atoms with Crippen LogP contribution in [0.5, 0.6) is 0 Å². The Hall–Kier alpha value is -2.38. The first-order valence-electron chi connectivity index (χ1n) is 9.74. The molecule has 144 valence electrons. The number of nitrogens with zero attached hydrogens (tertiary/aromatic N) is 3. The highest BCUT2D eigenvalue weighted by Crippen LogP contribution is 2.21. The van der Waals surface area contributed by atoms with Gasteiger partial charge in [0, 0.05) is 32.2 Å². The van der Waals surface area contributed by atoms with Crippen molar-refractivity contribution in [2.24, 2.45) is 0 Å². The van der Waals surface area contributed by atoms with Gasteiger partial charge in [-0.2, -0.15) is 5.10 Å². The van der Waals surface area contributed by atoms with Crippen LogP contribution in [0.15, 0.2) is 30.3 Å². The molecule has 1 atom stereocenters. The van der Waals surface area contributed by atoms with E-state index in [-0.39, 0.29) is 6.03 Å². The topological polar surface area (TPSA) is 74.2 Å². The first-order chi connectivity index (χ1) is 13.2. The summed E-state index contributed by atoms with van der Waals surface area (Å²) in [6, 6.07) is 10.8. The second kappa shape index (κ2) is 8.10. The van der Waals surface area contributed by atoms with Crippen LogP contribution in [0.1, 0.15) is 28.9 Å². The van der Waals surface area contributed by atoms with Crippen molar-refractivity contribution in [3.63, 3.8) is 0 Å². The highest BCUT2D eigenvalue weighted by Gasteiger charge is 2.23. The van der Waals surface area contributed by atoms with Gasteiger partial charge in [-0.25, -0.2) is 4.79 Å². The van der Waals surface area contributed by atoms with Gasteiger partial charge in [0.1, 0.15) is 0 Å². The normalized spacial score (nSPS) is 19.7. The number of aryl methyl sites for hydroxylation is 1. The number of carbonyl (C=O) groups excluding carboxylic acids is 1. The Balaban J connectivity index is 1.25. The van der Waals surface area contributed by atoms with Gasteiger partial charge in [-0.15, -0.1) is 0 Å². The molecule has 1 aromatic heterocycles. The van der Waals surface area contributed by atoms with Gasteiger partial charge in [0.25, 0.3) is 0 Å². The molecule has 2 aliphatic rings. The first kappa shape index (κ1) is 18.0. The van der Waals surface area contributed by atoms with E-state index in [0.29, 0.717) is 19.1 Å². The standard InChI is InChI=1S/C20H28N6O/c1-25-14-16-6-3-2-5-15(16)9-18(25)13-23-20(27)22-11-17-10-19-12-21-7-4-8-26(19)24-17/h2-3,5-6,10,18,21H,4,7-9,11-14H2,1H3,(H2,22,23,27)/t18-/m0/s1. The molecule has 2 amide bonds. The lowest BCUT2D eigenvalue weighted by Gasteiger charge is -2.34. The van der Waals surface area contributed by atoms with E-state index >= 15 is 0 Å². The van der Waals surface area contributed by atoms with E-state index in [1.807, 2.05) is 4.68 Å². The Labute approximate surface area is 160 Å². The predicted octanol–water partition coefficient (Wildman–Crippen LogP) is 1.23. The summed E-state index contributed by atoms with van der Waals surface area (Å²) in [6.07, 6.45) is 2.05. The Kier molecular flexibility index (Phi) is 5.40. The number of benzene rings is 1. The SMILES string of the molecule is CN1Cc2ccccc2C[C@H]1CNC(=O)NCc1cc2n(n1)CCCNC2. The summed E-state index contributed by atoms with van der Waals surface area (Å²) in [5.74, 6) is 0. The minimum atomic E-state index is -0.136. The smallest absolute Gasteiger partial charge is 0.315 e. The van der Waals surface area contributed by atoms with Crippen LogP contribution >= 0.6 is 0 Å². The van der Waals surface area contributed by atoms with E-state index < -0.39 is 0 Å². The summed E-state index contributed by atoms with van der Waals surface area (Å²) in [4.78, 5) is 14.5. The molecule has 0 fully saturated rings. The highest BCUT2D eigenvalue weighted by molar-refractivity contribution is 5.73. The number of hydrogen-bond donors (Lipinski definition) is 3. The quantitative estimate of drug-likeness (QED) is 0.759. The van der Waals surface area contributed by atoms with E-state index in [9.17, 15) is 4.79 Å². The van der Waals surface area contributed by atoms with Crippen LogP contribution < -0.4 is 16.0 Å². The van der Waals surface area contributed by atoms with Gasteiger partial charge in [0.05, 0.1) is 17.9 Å². The zero-order chi connectivity index (χ0) is 18.6. The molecule has 3 heterocycles. The number of hydrogen-bond acceptors (Lipinski definition) is 4. The summed E-state index contributed by atoms with van der Waals surface area (Å²) in [5, 5.41) is 13.9. The molecule has 4 rings (SSSR count). The molecular weight excluding hydrogens is 340 g/mol. The molecular formula is C20H28N6O. The van der Waals surface area contributed by atoms with Gasteiger partial charge in [0.15, 0.2) is 0 Å². The summed E-state index contributed by atoms with van der Waals surface area (Å²) in [5.41, 5.74) is 4.87. The Morgan fingerprint density at radius 2 is 2.15 bits per heavy atom. The van der Waals surface area contributed by atoms with E-state index in [0.717, 1.165) is 44.7 Å². The molecule has 0 bridgehead atoms. The monoisotopic (exact) mass is 368 g/mol. The molecule has 0 saturated carbocycles. The van der Waals surface area contributed by atoms with E-state index in [1.165, 1.54) is 16.8 Å². The minimum Gasteiger partial charge on any atom is -0.337 e. The van der Waals surface area contributed by atoms with E-state index in [1.54, 1.807) is 0 Å². The zero-order valence-corrected chi connectivity index (χ0v) is 15.9. The summed E-state index contributed by atoms with van der Waals surface area (Å²) >= 11 is 0. The third kappa shape index (κ3) is 4.31. The van der Waals surface area contributed by atoms with Crippen LogP contribution in [0.4, 0.5) is 4.79 Å². The van der Waals surface area contributed by atoms with Gasteiger partial charge >= 0.3 is 6.03 Å². The highest BCUT2D eigenvalue weighted by atomic mass is 16.2. The van der Waals surface area contributed by atoms with Crippen LogP contribution in [-0.2, 0) is 32.6 Å². The Bertz CT molecular complexity index is 778. The molecule has 1 aromatic carbocycles. The van der Waals surface area contributed by atoms with Crippen LogP contribution in [0.2, 0.25) is 0 Å². The molecule has 7 heteroatoms. The number of fused-ring (bicyclic) bond motifs is 2. The Morgan fingerprint density at radius 3 is 3.04 bits per heavy atom. The van der Waals surface area contributed by atoms with Gasteiger partial charge in [-0.3, -0.25) is 9.58 Å². The molecule has 27 heavy (non-hydrogen) atoms. The Morgan fingerprint density at radius 1 is 1.30 bits per heavy atom. The second-order valence-electron chi connectivity index (χ2n) is 7.49. The first-order valence-corrected chi connectivity index (χ1v) is 9.74. The molecule has 0 unspecified atom stereocenters. The van der Waals surface area contributed by atoms with Crippen molar-refractivity contribution in [1.82, 2.24) is 30.6 Å². The third-order valence-corrected chi connectivity index (χ3v) is 5.49. The van der Waals surface area contributed by atoms with Gasteiger partial charge in [-0.05, 0) is 43.6 Å². The van der Waals surface area contributed by atoms with E-state index in [4.69, 9.17) is 0 Å². The number of urea groups is 1. The molecule has 2 aromatic rings. The summed E-state index contributed by atoms with van der Waals surface area (Å²) < 4.78 is 2.04. The van der Waals surface area contributed by atoms with Crippen molar-refractivity contribution >= 4 is 6.03 Å². The van der Waals surface area contributed by atoms with E-state index in [2.05, 4.69) is 63.3 Å². The number of nitrogens with one attached hydrogen (secondary N) is 3. The summed E-state index contributed by atoms with van der Waals surface area (Å²) in [7, 11) is 2.12. The summed E-state index contributed by atoms with van der Waals surface area (Å²) in [6.45, 7) is 4.83. The largest absolute Gasteiger partial charge is 0.337 e. The number of likely N-dealkylation sites (N-methyl/N-ethyl adjacent to an activating group) is 1. The lowest BCUT2D eigenvalue weighted by atomic mass is 9.94. The maximum atomic E-state index is 12.2. The van der Waals surface area contributed by atoms with Crippen molar-refractivity contribution in [1.29, 1.82) is 0 Å². The van der Waals surface area contributed by atoms with Crippen molar-refractivity contribution < 1.29 is 4.79 Å². The van der Waals surface area contributed by atoms with Crippen molar-refractivity contribution in [3.8, 4) is 0 Å². The van der Waals surface area contributed by atoms with Crippen molar-refractivity contribution in [2.75, 3.05) is 20.1 Å². The molecule has 7 nitrogen and oxygen atoms in total. The molecule has 0 saturated heterocycles. The number of aromatic nitrogens is 2. The lowest BCUT2D eigenvalue weighted by molar-refractivity contribution is 0.203. The van der Waals surface area contributed by atoms with Gasteiger partial charge in [-0.1, -0.05) is 24.3 Å². The molecule has 3 N–H and O–H groups in total. The number of carbonyl (C=O) groups is 1. The van der Waals surface area contributed by atoms with Crippen LogP contribution in [0, 0.1) is 0 Å². The zero-order valence-electron chi connectivity index (χ0n) is 15.9. The third-order valence-electron chi connectivity index (χ3n) is 5.49. The fourth-order valence-corrected chi connectivity index (χ4v) is 3.90. The van der Waals surface area contributed by atoms with Crippen LogP contribution in [0.3, 0.4) is 0 Å². The molecule has 2 aliphatic heterocycles. The van der Waals surface area contributed by atoms with Crippen LogP contribution in [-0.4, -0.2) is 46.9 Å². The van der Waals surface area contributed by atoms with Crippen LogP contribution in [0.25, 0.3) is 0 Å². The average Bonchev–Trinajstić information content (AvgIpc) is 2.93. The molecule has 0 aliphatic carbocycles. The fraction of sp³-hybridized carbons (Fsp3) is 0.500. The predicted molar refractivity (Wildman–Crippen MR) is 104 cm³/mol. The van der Waals surface area contributed by atoms with Gasteiger partial charge < -0.3 is 16.0 Å². The van der Waals surface area contributed by atoms with Crippen molar-refractivity contribution in [3.05, 3.63) is 52.8 Å². The molecule has 0 radical (unpaired) electrons.